The van der Waals surface area contributed by atoms with E-state index in [1.54, 1.807) is 29.2 Å². The first-order valence-electron chi connectivity index (χ1n) is 5.28. The average molecular weight is 240 g/mol. The lowest BCUT2D eigenvalue weighted by molar-refractivity contribution is 0.204. The topological polar surface area (TPSA) is 44.4 Å². The van der Waals surface area contributed by atoms with Gasteiger partial charge in [-0.05, 0) is 24.3 Å². The molecule has 2 amide bonds. The summed E-state index contributed by atoms with van der Waals surface area (Å²) < 4.78 is 0. The molecule has 0 radical (unpaired) electrons. The summed E-state index contributed by atoms with van der Waals surface area (Å²) in [6.07, 6.45) is 0. The van der Waals surface area contributed by atoms with Gasteiger partial charge in [-0.2, -0.15) is 0 Å². The molecule has 0 bridgehead atoms. The first-order valence-corrected chi connectivity index (χ1v) is 5.66. The molecule has 0 saturated carbocycles. The first-order chi connectivity index (χ1) is 7.75. The Hall–Kier alpha value is -1.26. The van der Waals surface area contributed by atoms with E-state index in [0.717, 1.165) is 31.9 Å². The van der Waals surface area contributed by atoms with Crippen molar-refractivity contribution in [3.63, 3.8) is 0 Å². The molecule has 0 aromatic heterocycles. The maximum atomic E-state index is 11.8. The van der Waals surface area contributed by atoms with E-state index in [1.807, 2.05) is 0 Å². The fourth-order valence-corrected chi connectivity index (χ4v) is 1.73. The van der Waals surface area contributed by atoms with E-state index in [2.05, 4.69) is 10.6 Å². The maximum Gasteiger partial charge on any atom is 0.321 e. The van der Waals surface area contributed by atoms with Crippen LogP contribution >= 0.6 is 11.6 Å². The molecule has 4 nitrogen and oxygen atoms in total. The zero-order chi connectivity index (χ0) is 11.4. The number of urea groups is 1. The number of carbonyl (C=O) groups excluding carboxylic acids is 1. The number of nitrogens with zero attached hydrogens (tertiary/aromatic N) is 1. The highest BCUT2D eigenvalue weighted by Gasteiger charge is 2.15. The lowest BCUT2D eigenvalue weighted by Crippen LogP contribution is -2.48. The molecule has 1 saturated heterocycles. The van der Waals surface area contributed by atoms with Gasteiger partial charge >= 0.3 is 6.03 Å². The molecule has 1 fully saturated rings. The third-order valence-corrected chi connectivity index (χ3v) is 2.75. The van der Waals surface area contributed by atoms with Gasteiger partial charge in [0.05, 0.1) is 0 Å². The Morgan fingerprint density at radius 3 is 2.50 bits per heavy atom. The zero-order valence-corrected chi connectivity index (χ0v) is 9.63. The van der Waals surface area contributed by atoms with E-state index < -0.39 is 0 Å². The molecule has 1 aromatic rings. The number of piperazine rings is 1. The Morgan fingerprint density at radius 2 is 1.88 bits per heavy atom. The Bertz CT molecular complexity index is 360. The molecule has 0 aliphatic carbocycles. The van der Waals surface area contributed by atoms with Crippen molar-refractivity contribution in [1.29, 1.82) is 0 Å². The standard InChI is InChI=1S/C11H14ClN3O/c12-9-1-3-10(4-2-9)14-11(16)15-7-5-13-6-8-15/h1-4,13H,5-8H2,(H,14,16). The normalized spacial score (nSPS) is 15.9. The Morgan fingerprint density at radius 1 is 1.25 bits per heavy atom. The molecule has 1 aliphatic heterocycles. The van der Waals surface area contributed by atoms with E-state index in [4.69, 9.17) is 11.6 Å². The van der Waals surface area contributed by atoms with Gasteiger partial charge in [-0.15, -0.1) is 0 Å². The van der Waals surface area contributed by atoms with Crippen LogP contribution in [-0.2, 0) is 0 Å². The summed E-state index contributed by atoms with van der Waals surface area (Å²) in [6.45, 7) is 3.21. The summed E-state index contributed by atoms with van der Waals surface area (Å²) in [4.78, 5) is 13.6. The van der Waals surface area contributed by atoms with Crippen molar-refractivity contribution < 1.29 is 4.79 Å². The summed E-state index contributed by atoms with van der Waals surface area (Å²) in [7, 11) is 0. The number of amides is 2. The highest BCUT2D eigenvalue weighted by molar-refractivity contribution is 6.30. The lowest BCUT2D eigenvalue weighted by Gasteiger charge is -2.27. The SMILES string of the molecule is O=C(Nc1ccc(Cl)cc1)N1CCNCC1. The number of anilines is 1. The van der Waals surface area contributed by atoms with Crippen LogP contribution in [-0.4, -0.2) is 37.1 Å². The number of benzene rings is 1. The van der Waals surface area contributed by atoms with Crippen molar-refractivity contribution in [2.24, 2.45) is 0 Å². The number of carbonyl (C=O) groups is 1. The predicted molar refractivity (Wildman–Crippen MR) is 64.9 cm³/mol. The van der Waals surface area contributed by atoms with Crippen LogP contribution in [0.5, 0.6) is 0 Å². The molecule has 5 heteroatoms. The largest absolute Gasteiger partial charge is 0.322 e. The molecular weight excluding hydrogens is 226 g/mol. The summed E-state index contributed by atoms with van der Waals surface area (Å²) >= 11 is 5.77. The third kappa shape index (κ3) is 2.87. The molecule has 16 heavy (non-hydrogen) atoms. The van der Waals surface area contributed by atoms with E-state index in [9.17, 15) is 4.79 Å². The smallest absolute Gasteiger partial charge is 0.321 e. The Balaban J connectivity index is 1.93. The van der Waals surface area contributed by atoms with E-state index in [0.29, 0.717) is 5.02 Å². The molecule has 0 spiro atoms. The second-order valence-corrected chi connectivity index (χ2v) is 4.11. The van der Waals surface area contributed by atoms with Crippen LogP contribution in [0.3, 0.4) is 0 Å². The summed E-state index contributed by atoms with van der Waals surface area (Å²) in [6, 6.07) is 7.05. The van der Waals surface area contributed by atoms with Crippen LogP contribution in [0.1, 0.15) is 0 Å². The Labute approximate surface area is 99.6 Å². The van der Waals surface area contributed by atoms with Crippen molar-refractivity contribution in [2.45, 2.75) is 0 Å². The molecule has 1 heterocycles. The molecule has 2 rings (SSSR count). The fourth-order valence-electron chi connectivity index (χ4n) is 1.60. The van der Waals surface area contributed by atoms with E-state index >= 15 is 0 Å². The number of halogens is 1. The zero-order valence-electron chi connectivity index (χ0n) is 8.87. The molecule has 1 aromatic carbocycles. The number of hydrogen-bond donors (Lipinski definition) is 2. The van der Waals surface area contributed by atoms with Gasteiger partial charge < -0.3 is 15.5 Å². The second-order valence-electron chi connectivity index (χ2n) is 3.67. The Kier molecular flexibility index (Phi) is 3.64. The maximum absolute atomic E-state index is 11.8. The molecular formula is C11H14ClN3O. The minimum absolute atomic E-state index is 0.0520. The van der Waals surface area contributed by atoms with Crippen molar-refractivity contribution in [1.82, 2.24) is 10.2 Å². The van der Waals surface area contributed by atoms with Gasteiger partial charge in [0, 0.05) is 36.9 Å². The molecule has 86 valence electrons. The fraction of sp³-hybridized carbons (Fsp3) is 0.364. The van der Waals surface area contributed by atoms with Crippen LogP contribution < -0.4 is 10.6 Å². The van der Waals surface area contributed by atoms with Crippen molar-refractivity contribution in [3.8, 4) is 0 Å². The van der Waals surface area contributed by atoms with Crippen LogP contribution in [0.2, 0.25) is 5.02 Å². The number of rotatable bonds is 1. The van der Waals surface area contributed by atoms with Gasteiger partial charge in [0.1, 0.15) is 0 Å². The van der Waals surface area contributed by atoms with Crippen LogP contribution in [0.15, 0.2) is 24.3 Å². The molecule has 1 aliphatic rings. The van der Waals surface area contributed by atoms with Gasteiger partial charge in [0.2, 0.25) is 0 Å². The van der Waals surface area contributed by atoms with Crippen LogP contribution in [0, 0.1) is 0 Å². The van der Waals surface area contributed by atoms with E-state index in [1.165, 1.54) is 0 Å². The summed E-state index contributed by atoms with van der Waals surface area (Å²) in [5.74, 6) is 0. The minimum Gasteiger partial charge on any atom is -0.322 e. The van der Waals surface area contributed by atoms with Gasteiger partial charge in [-0.3, -0.25) is 0 Å². The number of nitrogens with one attached hydrogen (secondary N) is 2. The van der Waals surface area contributed by atoms with Crippen LogP contribution in [0.25, 0.3) is 0 Å². The molecule has 2 N–H and O–H groups in total. The second kappa shape index (κ2) is 5.18. The average Bonchev–Trinajstić information content (AvgIpc) is 2.33. The molecule has 0 atom stereocenters. The third-order valence-electron chi connectivity index (χ3n) is 2.50. The predicted octanol–water partition coefficient (Wildman–Crippen LogP) is 1.78. The van der Waals surface area contributed by atoms with Gasteiger partial charge in [0.15, 0.2) is 0 Å². The summed E-state index contributed by atoms with van der Waals surface area (Å²) in [5, 5.41) is 6.71. The minimum atomic E-state index is -0.0520. The first kappa shape index (κ1) is 11.2. The highest BCUT2D eigenvalue weighted by atomic mass is 35.5. The lowest BCUT2D eigenvalue weighted by atomic mass is 10.3. The van der Waals surface area contributed by atoms with Crippen molar-refractivity contribution in [2.75, 3.05) is 31.5 Å². The van der Waals surface area contributed by atoms with Gasteiger partial charge in [-0.1, -0.05) is 11.6 Å². The summed E-state index contributed by atoms with van der Waals surface area (Å²) in [5.41, 5.74) is 0.771. The molecule has 0 unspecified atom stereocenters. The van der Waals surface area contributed by atoms with Gasteiger partial charge in [-0.25, -0.2) is 4.79 Å². The number of hydrogen-bond acceptors (Lipinski definition) is 2. The highest BCUT2D eigenvalue weighted by Crippen LogP contribution is 2.13. The quantitative estimate of drug-likeness (QED) is 0.785. The van der Waals surface area contributed by atoms with E-state index in [-0.39, 0.29) is 6.03 Å². The van der Waals surface area contributed by atoms with Crippen molar-refractivity contribution >= 4 is 23.3 Å². The van der Waals surface area contributed by atoms with Crippen molar-refractivity contribution in [3.05, 3.63) is 29.3 Å². The van der Waals surface area contributed by atoms with Gasteiger partial charge in [0.25, 0.3) is 0 Å². The van der Waals surface area contributed by atoms with Crippen LogP contribution in [0.4, 0.5) is 10.5 Å². The monoisotopic (exact) mass is 239 g/mol.